The van der Waals surface area contributed by atoms with Crippen LogP contribution in [-0.2, 0) is 0 Å². The first-order chi connectivity index (χ1) is 7.86. The van der Waals surface area contributed by atoms with Crippen LogP contribution >= 0.6 is 0 Å². The summed E-state index contributed by atoms with van der Waals surface area (Å²) >= 11 is 0. The predicted molar refractivity (Wildman–Crippen MR) is 69.7 cm³/mol. The second kappa shape index (κ2) is 5.49. The SMILES string of the molecule is CCC(CC)C1NCCC1c1ccccc1. The van der Waals surface area contributed by atoms with Crippen molar-refractivity contribution in [2.75, 3.05) is 6.54 Å². The van der Waals surface area contributed by atoms with E-state index in [9.17, 15) is 0 Å². The molecule has 1 nitrogen and oxygen atoms in total. The van der Waals surface area contributed by atoms with Crippen LogP contribution in [-0.4, -0.2) is 12.6 Å². The van der Waals surface area contributed by atoms with Crippen LogP contribution in [0, 0.1) is 5.92 Å². The molecule has 1 aromatic carbocycles. The van der Waals surface area contributed by atoms with Crippen LogP contribution in [0.25, 0.3) is 0 Å². The van der Waals surface area contributed by atoms with Crippen molar-refractivity contribution in [3.8, 4) is 0 Å². The largest absolute Gasteiger partial charge is 0.313 e. The van der Waals surface area contributed by atoms with Gasteiger partial charge in [0, 0.05) is 12.0 Å². The number of benzene rings is 1. The lowest BCUT2D eigenvalue weighted by atomic mass is 9.82. The summed E-state index contributed by atoms with van der Waals surface area (Å²) < 4.78 is 0. The van der Waals surface area contributed by atoms with Crippen molar-refractivity contribution in [3.05, 3.63) is 35.9 Å². The molecule has 1 aromatic rings. The van der Waals surface area contributed by atoms with E-state index in [0.29, 0.717) is 6.04 Å². The second-order valence-corrected chi connectivity index (χ2v) is 4.86. The zero-order valence-corrected chi connectivity index (χ0v) is 10.4. The van der Waals surface area contributed by atoms with Gasteiger partial charge in [-0.05, 0) is 24.4 Å². The van der Waals surface area contributed by atoms with Crippen molar-refractivity contribution in [2.24, 2.45) is 5.92 Å². The zero-order valence-electron chi connectivity index (χ0n) is 10.4. The lowest BCUT2D eigenvalue weighted by molar-refractivity contribution is 0.343. The summed E-state index contributed by atoms with van der Waals surface area (Å²) in [4.78, 5) is 0. The molecule has 1 N–H and O–H groups in total. The summed E-state index contributed by atoms with van der Waals surface area (Å²) in [5.41, 5.74) is 1.52. The average molecular weight is 217 g/mol. The first kappa shape index (κ1) is 11.7. The Kier molecular flexibility index (Phi) is 4.00. The average Bonchev–Trinajstić information content (AvgIpc) is 2.81. The van der Waals surface area contributed by atoms with Gasteiger partial charge in [-0.3, -0.25) is 0 Å². The molecule has 88 valence electrons. The molecule has 1 saturated heterocycles. The molecule has 1 heterocycles. The standard InChI is InChI=1S/C15H23N/c1-3-12(4-2)15-14(10-11-16-15)13-8-6-5-7-9-13/h5-9,12,14-16H,3-4,10-11H2,1-2H3. The molecule has 0 saturated carbocycles. The number of hydrogen-bond acceptors (Lipinski definition) is 1. The van der Waals surface area contributed by atoms with Gasteiger partial charge in [-0.15, -0.1) is 0 Å². The van der Waals surface area contributed by atoms with E-state index in [1.807, 2.05) is 0 Å². The maximum Gasteiger partial charge on any atom is 0.0164 e. The minimum absolute atomic E-state index is 0.692. The fraction of sp³-hybridized carbons (Fsp3) is 0.600. The van der Waals surface area contributed by atoms with Crippen LogP contribution in [0.3, 0.4) is 0 Å². The highest BCUT2D eigenvalue weighted by atomic mass is 15.0. The molecule has 1 fully saturated rings. The minimum atomic E-state index is 0.692. The van der Waals surface area contributed by atoms with Gasteiger partial charge in [0.2, 0.25) is 0 Å². The Morgan fingerprint density at radius 1 is 1.19 bits per heavy atom. The Labute approximate surface area is 99.3 Å². The van der Waals surface area contributed by atoms with Crippen LogP contribution in [0.5, 0.6) is 0 Å². The number of hydrogen-bond donors (Lipinski definition) is 1. The Hall–Kier alpha value is -0.820. The summed E-state index contributed by atoms with van der Waals surface area (Å²) in [5.74, 6) is 1.55. The second-order valence-electron chi connectivity index (χ2n) is 4.86. The summed E-state index contributed by atoms with van der Waals surface area (Å²) in [5, 5.41) is 3.71. The summed E-state index contributed by atoms with van der Waals surface area (Å²) in [6, 6.07) is 11.7. The van der Waals surface area contributed by atoms with Crippen molar-refractivity contribution in [3.63, 3.8) is 0 Å². The van der Waals surface area contributed by atoms with Crippen LogP contribution in [0.15, 0.2) is 30.3 Å². The molecule has 0 aliphatic carbocycles. The van der Waals surface area contributed by atoms with Crippen LogP contribution < -0.4 is 5.32 Å². The van der Waals surface area contributed by atoms with Crippen LogP contribution in [0.4, 0.5) is 0 Å². The van der Waals surface area contributed by atoms with Crippen molar-refractivity contribution in [2.45, 2.75) is 45.1 Å². The van der Waals surface area contributed by atoms with Gasteiger partial charge in [0.05, 0.1) is 0 Å². The van der Waals surface area contributed by atoms with Gasteiger partial charge in [-0.25, -0.2) is 0 Å². The van der Waals surface area contributed by atoms with Crippen molar-refractivity contribution >= 4 is 0 Å². The Morgan fingerprint density at radius 2 is 1.88 bits per heavy atom. The molecule has 1 aliphatic rings. The third kappa shape index (κ3) is 2.30. The first-order valence-corrected chi connectivity index (χ1v) is 6.65. The minimum Gasteiger partial charge on any atom is -0.313 e. The zero-order chi connectivity index (χ0) is 11.4. The summed E-state index contributed by atoms with van der Waals surface area (Å²) in [6.45, 7) is 5.81. The number of nitrogens with one attached hydrogen (secondary N) is 1. The lowest BCUT2D eigenvalue weighted by Gasteiger charge is -2.27. The smallest absolute Gasteiger partial charge is 0.0164 e. The highest BCUT2D eigenvalue weighted by Crippen LogP contribution is 2.33. The van der Waals surface area contributed by atoms with Gasteiger partial charge in [0.25, 0.3) is 0 Å². The van der Waals surface area contributed by atoms with Gasteiger partial charge >= 0.3 is 0 Å². The van der Waals surface area contributed by atoms with Crippen LogP contribution in [0.1, 0.15) is 44.6 Å². The molecular formula is C15H23N. The van der Waals surface area contributed by atoms with Crippen LogP contribution in [0.2, 0.25) is 0 Å². The highest BCUT2D eigenvalue weighted by molar-refractivity contribution is 5.23. The Bertz CT molecular complexity index is 302. The molecule has 2 rings (SSSR count). The van der Waals surface area contributed by atoms with E-state index in [4.69, 9.17) is 0 Å². The van der Waals surface area contributed by atoms with Gasteiger partial charge in [-0.1, -0.05) is 57.0 Å². The van der Waals surface area contributed by atoms with Crippen molar-refractivity contribution < 1.29 is 0 Å². The predicted octanol–water partition coefficient (Wildman–Crippen LogP) is 3.57. The Morgan fingerprint density at radius 3 is 2.50 bits per heavy atom. The molecule has 0 aromatic heterocycles. The molecule has 1 aliphatic heterocycles. The third-order valence-corrected chi connectivity index (χ3v) is 4.05. The van der Waals surface area contributed by atoms with E-state index in [1.54, 1.807) is 0 Å². The maximum absolute atomic E-state index is 3.71. The molecular weight excluding hydrogens is 194 g/mol. The highest BCUT2D eigenvalue weighted by Gasteiger charge is 2.32. The fourth-order valence-electron chi connectivity index (χ4n) is 3.09. The van der Waals surface area contributed by atoms with Gasteiger partial charge < -0.3 is 5.32 Å². The van der Waals surface area contributed by atoms with E-state index < -0.39 is 0 Å². The molecule has 0 bridgehead atoms. The molecule has 16 heavy (non-hydrogen) atoms. The molecule has 0 spiro atoms. The number of rotatable bonds is 4. The normalized spacial score (nSPS) is 25.2. The van der Waals surface area contributed by atoms with Crippen molar-refractivity contribution in [1.82, 2.24) is 5.32 Å². The molecule has 0 radical (unpaired) electrons. The fourth-order valence-corrected chi connectivity index (χ4v) is 3.09. The lowest BCUT2D eigenvalue weighted by Crippen LogP contribution is -2.33. The molecule has 0 amide bonds. The van der Waals surface area contributed by atoms with E-state index in [0.717, 1.165) is 11.8 Å². The maximum atomic E-state index is 3.71. The monoisotopic (exact) mass is 217 g/mol. The molecule has 2 unspecified atom stereocenters. The molecule has 2 atom stereocenters. The first-order valence-electron chi connectivity index (χ1n) is 6.65. The van der Waals surface area contributed by atoms with E-state index >= 15 is 0 Å². The summed E-state index contributed by atoms with van der Waals surface area (Å²) in [7, 11) is 0. The van der Waals surface area contributed by atoms with E-state index in [2.05, 4.69) is 49.5 Å². The third-order valence-electron chi connectivity index (χ3n) is 4.05. The van der Waals surface area contributed by atoms with Gasteiger partial charge in [0.1, 0.15) is 0 Å². The van der Waals surface area contributed by atoms with E-state index in [-0.39, 0.29) is 0 Å². The topological polar surface area (TPSA) is 12.0 Å². The quantitative estimate of drug-likeness (QED) is 0.813. The summed E-state index contributed by atoms with van der Waals surface area (Å²) in [6.07, 6.45) is 3.88. The van der Waals surface area contributed by atoms with Gasteiger partial charge in [-0.2, -0.15) is 0 Å². The molecule has 1 heteroatoms. The van der Waals surface area contributed by atoms with Gasteiger partial charge in [0.15, 0.2) is 0 Å². The van der Waals surface area contributed by atoms with Crippen molar-refractivity contribution in [1.29, 1.82) is 0 Å². The van der Waals surface area contributed by atoms with E-state index in [1.165, 1.54) is 31.4 Å². The Balaban J connectivity index is 2.15.